The molecule has 21 heavy (non-hydrogen) atoms. The Kier molecular flexibility index (Phi) is 7.13. The highest BCUT2D eigenvalue weighted by Gasteiger charge is 2.02. The number of nitrogens with one attached hydrogen (secondary N) is 2. The van der Waals surface area contributed by atoms with Gasteiger partial charge in [-0.3, -0.25) is 0 Å². The van der Waals surface area contributed by atoms with Gasteiger partial charge >= 0.3 is 5.97 Å². The molecule has 0 radical (unpaired) electrons. The Hall–Kier alpha value is -1.64. The van der Waals surface area contributed by atoms with Crippen LogP contribution in [-0.2, 0) is 10.0 Å². The van der Waals surface area contributed by atoms with E-state index in [1.807, 2.05) is 0 Å². The summed E-state index contributed by atoms with van der Waals surface area (Å²) in [6.07, 6.45) is 1.82. The molecule has 1 aromatic carbocycles. The maximum absolute atomic E-state index is 10.8. The van der Waals surface area contributed by atoms with E-state index in [1.165, 1.54) is 12.1 Å². The highest BCUT2D eigenvalue weighted by atomic mass is 32.2. The molecule has 8 heteroatoms. The molecule has 0 spiro atoms. The van der Waals surface area contributed by atoms with Gasteiger partial charge in [-0.1, -0.05) is 0 Å². The minimum atomic E-state index is -3.11. The molecular formula is C13H20N2O5S. The Morgan fingerprint density at radius 1 is 1.19 bits per heavy atom. The Morgan fingerprint density at radius 2 is 1.86 bits per heavy atom. The normalized spacial score (nSPS) is 11.3. The Morgan fingerprint density at radius 3 is 2.43 bits per heavy atom. The van der Waals surface area contributed by atoms with Crippen LogP contribution in [0.5, 0.6) is 5.75 Å². The molecule has 0 saturated heterocycles. The maximum Gasteiger partial charge on any atom is 0.335 e. The van der Waals surface area contributed by atoms with Crippen LogP contribution in [0.25, 0.3) is 0 Å². The Labute approximate surface area is 124 Å². The maximum atomic E-state index is 10.8. The molecule has 0 saturated carbocycles. The fourth-order valence-electron chi connectivity index (χ4n) is 1.53. The number of ether oxygens (including phenoxy) is 1. The van der Waals surface area contributed by atoms with Crippen molar-refractivity contribution in [2.75, 3.05) is 32.5 Å². The summed E-state index contributed by atoms with van der Waals surface area (Å²) in [6, 6.07) is 6.20. The number of hydrogen-bond acceptors (Lipinski definition) is 5. The highest BCUT2D eigenvalue weighted by Crippen LogP contribution is 2.11. The molecule has 0 aliphatic heterocycles. The first kappa shape index (κ1) is 17.4. The van der Waals surface area contributed by atoms with Gasteiger partial charge in [-0.05, 0) is 37.2 Å². The predicted molar refractivity (Wildman–Crippen MR) is 79.2 cm³/mol. The van der Waals surface area contributed by atoms with E-state index in [0.717, 1.165) is 6.26 Å². The van der Waals surface area contributed by atoms with Gasteiger partial charge in [0.15, 0.2) is 0 Å². The van der Waals surface area contributed by atoms with Crippen molar-refractivity contribution in [2.24, 2.45) is 0 Å². The highest BCUT2D eigenvalue weighted by molar-refractivity contribution is 7.88. The molecule has 0 bridgehead atoms. The molecule has 0 aromatic heterocycles. The molecule has 0 atom stereocenters. The van der Waals surface area contributed by atoms with Crippen LogP contribution < -0.4 is 14.8 Å². The van der Waals surface area contributed by atoms with Crippen LogP contribution >= 0.6 is 0 Å². The van der Waals surface area contributed by atoms with Gasteiger partial charge in [-0.25, -0.2) is 17.9 Å². The lowest BCUT2D eigenvalue weighted by atomic mass is 10.2. The summed E-state index contributed by atoms with van der Waals surface area (Å²) in [5, 5.41) is 11.9. The SMILES string of the molecule is CS(=O)(=O)NCCCNCCOc1ccc(C(=O)O)cc1. The lowest BCUT2D eigenvalue weighted by Gasteiger charge is -2.08. The van der Waals surface area contributed by atoms with Gasteiger partial charge in [-0.2, -0.15) is 0 Å². The van der Waals surface area contributed by atoms with Gasteiger partial charge < -0.3 is 15.2 Å². The van der Waals surface area contributed by atoms with E-state index in [-0.39, 0.29) is 5.56 Å². The number of carbonyl (C=O) groups is 1. The smallest absolute Gasteiger partial charge is 0.335 e. The summed E-state index contributed by atoms with van der Waals surface area (Å²) in [5.41, 5.74) is 0.221. The van der Waals surface area contributed by atoms with Crippen LogP contribution in [0.1, 0.15) is 16.8 Å². The summed E-state index contributed by atoms with van der Waals surface area (Å²) < 4.78 is 29.4. The van der Waals surface area contributed by atoms with Crippen LogP contribution in [0.3, 0.4) is 0 Å². The lowest BCUT2D eigenvalue weighted by Crippen LogP contribution is -2.28. The fourth-order valence-corrected chi connectivity index (χ4v) is 2.05. The number of benzene rings is 1. The van der Waals surface area contributed by atoms with Crippen LogP contribution in [0.15, 0.2) is 24.3 Å². The summed E-state index contributed by atoms with van der Waals surface area (Å²) in [4.78, 5) is 10.7. The molecule has 0 fully saturated rings. The van der Waals surface area contributed by atoms with E-state index in [1.54, 1.807) is 12.1 Å². The van der Waals surface area contributed by atoms with Crippen molar-refractivity contribution < 1.29 is 23.1 Å². The van der Waals surface area contributed by atoms with Gasteiger partial charge in [-0.15, -0.1) is 0 Å². The number of hydrogen-bond donors (Lipinski definition) is 3. The van der Waals surface area contributed by atoms with Crippen LogP contribution in [0, 0.1) is 0 Å². The van der Waals surface area contributed by atoms with Crippen LogP contribution in [0.2, 0.25) is 0 Å². The summed E-state index contributed by atoms with van der Waals surface area (Å²) in [7, 11) is -3.11. The first-order chi connectivity index (χ1) is 9.88. The summed E-state index contributed by atoms with van der Waals surface area (Å²) >= 11 is 0. The number of carboxylic acid groups (broad SMARTS) is 1. The predicted octanol–water partition coefficient (Wildman–Crippen LogP) is 0.293. The summed E-state index contributed by atoms with van der Waals surface area (Å²) in [5.74, 6) is -0.355. The molecule has 0 heterocycles. The average Bonchev–Trinajstić information content (AvgIpc) is 2.41. The standard InChI is InChI=1S/C13H20N2O5S/c1-21(18,19)15-8-2-7-14-9-10-20-12-5-3-11(4-6-12)13(16)17/h3-6,14-15H,2,7-10H2,1H3,(H,16,17). The van der Waals surface area contributed by atoms with Crippen LogP contribution in [-0.4, -0.2) is 52.0 Å². The van der Waals surface area contributed by atoms with Gasteiger partial charge in [0.05, 0.1) is 11.8 Å². The molecule has 1 aromatic rings. The average molecular weight is 316 g/mol. The van der Waals surface area contributed by atoms with E-state index < -0.39 is 16.0 Å². The molecule has 3 N–H and O–H groups in total. The quantitative estimate of drug-likeness (QED) is 0.536. The second kappa shape index (κ2) is 8.60. The van der Waals surface area contributed by atoms with E-state index in [2.05, 4.69) is 10.0 Å². The molecule has 0 aliphatic carbocycles. The van der Waals surface area contributed by atoms with Crippen molar-refractivity contribution in [3.05, 3.63) is 29.8 Å². The van der Waals surface area contributed by atoms with E-state index >= 15 is 0 Å². The third-order valence-corrected chi connectivity index (χ3v) is 3.27. The first-order valence-electron chi connectivity index (χ1n) is 6.50. The number of carboxylic acids is 1. The summed E-state index contributed by atoms with van der Waals surface area (Å²) in [6.45, 7) is 2.17. The van der Waals surface area contributed by atoms with Crippen molar-refractivity contribution in [1.29, 1.82) is 0 Å². The van der Waals surface area contributed by atoms with E-state index in [4.69, 9.17) is 9.84 Å². The fraction of sp³-hybridized carbons (Fsp3) is 0.462. The monoisotopic (exact) mass is 316 g/mol. The van der Waals surface area contributed by atoms with Crippen molar-refractivity contribution in [2.45, 2.75) is 6.42 Å². The molecule has 0 aliphatic rings. The van der Waals surface area contributed by atoms with Crippen molar-refractivity contribution in [3.8, 4) is 5.75 Å². The zero-order chi connectivity index (χ0) is 15.7. The second-order valence-corrected chi connectivity index (χ2v) is 6.28. The van der Waals surface area contributed by atoms with Crippen molar-refractivity contribution in [1.82, 2.24) is 10.0 Å². The topological polar surface area (TPSA) is 105 Å². The van der Waals surface area contributed by atoms with Crippen molar-refractivity contribution >= 4 is 16.0 Å². The molecule has 118 valence electrons. The van der Waals surface area contributed by atoms with E-state index in [9.17, 15) is 13.2 Å². The third kappa shape index (κ3) is 8.28. The second-order valence-electron chi connectivity index (χ2n) is 4.45. The van der Waals surface area contributed by atoms with Gasteiger partial charge in [0.2, 0.25) is 10.0 Å². The van der Waals surface area contributed by atoms with E-state index in [0.29, 0.717) is 38.4 Å². The molecule has 1 rings (SSSR count). The first-order valence-corrected chi connectivity index (χ1v) is 8.39. The zero-order valence-electron chi connectivity index (χ0n) is 11.8. The number of rotatable bonds is 10. The molecule has 0 amide bonds. The largest absolute Gasteiger partial charge is 0.492 e. The van der Waals surface area contributed by atoms with Crippen LogP contribution in [0.4, 0.5) is 0 Å². The molecule has 7 nitrogen and oxygen atoms in total. The zero-order valence-corrected chi connectivity index (χ0v) is 12.6. The number of aromatic carboxylic acids is 1. The molecular weight excluding hydrogens is 296 g/mol. The van der Waals surface area contributed by atoms with Gasteiger partial charge in [0.1, 0.15) is 12.4 Å². The minimum Gasteiger partial charge on any atom is -0.492 e. The lowest BCUT2D eigenvalue weighted by molar-refractivity contribution is 0.0697. The third-order valence-electron chi connectivity index (χ3n) is 2.54. The molecule has 0 unspecified atom stereocenters. The van der Waals surface area contributed by atoms with Gasteiger partial charge in [0.25, 0.3) is 0 Å². The minimum absolute atomic E-state index is 0.221. The van der Waals surface area contributed by atoms with Crippen molar-refractivity contribution in [3.63, 3.8) is 0 Å². The number of sulfonamides is 1. The van der Waals surface area contributed by atoms with Gasteiger partial charge in [0, 0.05) is 13.1 Å². The Bertz CT molecular complexity index is 542. The Balaban J connectivity index is 2.08.